The van der Waals surface area contributed by atoms with Gasteiger partial charge in [-0.1, -0.05) is 6.42 Å². The summed E-state index contributed by atoms with van der Waals surface area (Å²) in [7, 11) is 1.34. The van der Waals surface area contributed by atoms with Crippen LogP contribution in [0.1, 0.15) is 45.4 Å². The summed E-state index contributed by atoms with van der Waals surface area (Å²) in [6, 6.07) is 0. The fraction of sp³-hybridized carbons (Fsp3) is 0.750. The third-order valence-corrected chi connectivity index (χ3v) is 4.56. The first kappa shape index (κ1) is 15.5. The second-order valence-corrected chi connectivity index (χ2v) is 6.17. The van der Waals surface area contributed by atoms with Gasteiger partial charge in [-0.2, -0.15) is 0 Å². The highest BCUT2D eigenvalue weighted by atomic mass is 16.8. The molecule has 0 radical (unpaired) electrons. The van der Waals surface area contributed by atoms with Gasteiger partial charge >= 0.3 is 11.9 Å². The van der Waals surface area contributed by atoms with Crippen molar-refractivity contribution in [3.63, 3.8) is 0 Å². The highest BCUT2D eigenvalue weighted by Gasteiger charge is 2.53. The molecule has 0 bridgehead atoms. The van der Waals surface area contributed by atoms with Gasteiger partial charge in [-0.25, -0.2) is 4.79 Å². The van der Waals surface area contributed by atoms with Crippen molar-refractivity contribution in [2.45, 2.75) is 69.5 Å². The van der Waals surface area contributed by atoms with Gasteiger partial charge in [0.1, 0.15) is 18.3 Å². The summed E-state index contributed by atoms with van der Waals surface area (Å²) >= 11 is 0. The topological polar surface area (TPSA) is 71.1 Å². The van der Waals surface area contributed by atoms with Crippen molar-refractivity contribution in [2.24, 2.45) is 0 Å². The number of carbonyl (C=O) groups is 2. The van der Waals surface area contributed by atoms with Gasteiger partial charge in [-0.3, -0.25) is 4.79 Å². The zero-order valence-electron chi connectivity index (χ0n) is 13.0. The van der Waals surface area contributed by atoms with Crippen LogP contribution in [-0.2, 0) is 28.5 Å². The fourth-order valence-corrected chi connectivity index (χ4v) is 3.60. The summed E-state index contributed by atoms with van der Waals surface area (Å²) in [5.74, 6) is -1.39. The second kappa shape index (κ2) is 6.01. The van der Waals surface area contributed by atoms with E-state index in [1.807, 2.05) is 0 Å². The molecule has 3 aliphatic rings. The van der Waals surface area contributed by atoms with Gasteiger partial charge < -0.3 is 18.9 Å². The maximum atomic E-state index is 11.8. The van der Waals surface area contributed by atoms with Crippen LogP contribution in [0.4, 0.5) is 0 Å². The number of esters is 2. The third-order valence-electron chi connectivity index (χ3n) is 4.56. The number of carbonyl (C=O) groups excluding carboxylic acids is 2. The van der Waals surface area contributed by atoms with Crippen LogP contribution in [-0.4, -0.2) is 43.1 Å². The van der Waals surface area contributed by atoms with Crippen LogP contribution in [0.5, 0.6) is 0 Å². The monoisotopic (exact) mass is 310 g/mol. The highest BCUT2D eigenvalue weighted by molar-refractivity contribution is 5.89. The van der Waals surface area contributed by atoms with Gasteiger partial charge in [0, 0.05) is 31.8 Å². The normalized spacial score (nSPS) is 33.0. The molecule has 122 valence electrons. The first-order valence-corrected chi connectivity index (χ1v) is 7.85. The molecule has 0 aromatic carbocycles. The Morgan fingerprint density at radius 3 is 2.59 bits per heavy atom. The maximum Gasteiger partial charge on any atom is 0.333 e. The van der Waals surface area contributed by atoms with Crippen molar-refractivity contribution in [3.8, 4) is 0 Å². The molecule has 2 fully saturated rings. The fourth-order valence-electron chi connectivity index (χ4n) is 3.60. The molecule has 1 spiro atoms. The van der Waals surface area contributed by atoms with Gasteiger partial charge in [-0.15, -0.1) is 0 Å². The van der Waals surface area contributed by atoms with Crippen molar-refractivity contribution >= 4 is 11.9 Å². The molecular weight excluding hydrogens is 288 g/mol. The molecule has 1 aliphatic heterocycles. The lowest BCUT2D eigenvalue weighted by molar-refractivity contribution is -0.201. The summed E-state index contributed by atoms with van der Waals surface area (Å²) in [5.41, 5.74) is 0.478. The first-order valence-electron chi connectivity index (χ1n) is 7.85. The molecule has 1 saturated heterocycles. The van der Waals surface area contributed by atoms with E-state index in [4.69, 9.17) is 18.9 Å². The molecule has 2 aliphatic carbocycles. The van der Waals surface area contributed by atoms with E-state index in [0.29, 0.717) is 12.0 Å². The van der Waals surface area contributed by atoms with Crippen molar-refractivity contribution in [1.29, 1.82) is 0 Å². The van der Waals surface area contributed by atoms with E-state index in [9.17, 15) is 9.59 Å². The van der Waals surface area contributed by atoms with Crippen LogP contribution in [0.25, 0.3) is 0 Å². The predicted molar refractivity (Wildman–Crippen MR) is 75.8 cm³/mol. The zero-order valence-corrected chi connectivity index (χ0v) is 13.0. The Kier molecular flexibility index (Phi) is 4.23. The lowest BCUT2D eigenvalue weighted by atomic mass is 9.92. The van der Waals surface area contributed by atoms with Crippen molar-refractivity contribution < 1.29 is 28.5 Å². The lowest BCUT2D eigenvalue weighted by Crippen LogP contribution is -2.42. The predicted octanol–water partition coefficient (Wildman–Crippen LogP) is 1.87. The molecule has 0 N–H and O–H groups in total. The molecule has 22 heavy (non-hydrogen) atoms. The number of ether oxygens (including phenoxy) is 4. The van der Waals surface area contributed by atoms with E-state index in [1.165, 1.54) is 20.5 Å². The number of methoxy groups -OCH3 is 1. The maximum absolute atomic E-state index is 11.8. The molecule has 1 saturated carbocycles. The standard InChI is InChI=1S/C16H22O6/c1-10(17)20-12-8-11(15(18)19-2)9-13-14(12)22-16(21-13)6-4-3-5-7-16/h9,12-14H,3-8H2,1-2H3/t12-,13-,14+/m1/s1. The van der Waals surface area contributed by atoms with Crippen molar-refractivity contribution in [2.75, 3.05) is 7.11 Å². The lowest BCUT2D eigenvalue weighted by Gasteiger charge is -2.32. The van der Waals surface area contributed by atoms with Crippen LogP contribution in [0.2, 0.25) is 0 Å². The minimum Gasteiger partial charge on any atom is -0.466 e. The summed E-state index contributed by atoms with van der Waals surface area (Å²) in [5, 5.41) is 0. The number of rotatable bonds is 2. The Morgan fingerprint density at radius 1 is 1.23 bits per heavy atom. The molecule has 0 amide bonds. The van der Waals surface area contributed by atoms with Crippen LogP contribution in [0, 0.1) is 0 Å². The molecule has 3 atom stereocenters. The van der Waals surface area contributed by atoms with E-state index < -0.39 is 17.9 Å². The first-order chi connectivity index (χ1) is 10.5. The molecule has 1 heterocycles. The second-order valence-electron chi connectivity index (χ2n) is 6.17. The molecule has 0 aromatic rings. The Bertz CT molecular complexity index is 491. The molecule has 0 aromatic heterocycles. The summed E-state index contributed by atoms with van der Waals surface area (Å²) in [6.45, 7) is 1.36. The minimum atomic E-state index is -0.589. The SMILES string of the molecule is COC(=O)C1=C[C@H]2OC3(CCCCC3)O[C@H]2[C@H](OC(C)=O)C1. The Hall–Kier alpha value is -1.40. The quantitative estimate of drug-likeness (QED) is 0.725. The van der Waals surface area contributed by atoms with Gasteiger partial charge in [-0.05, 0) is 18.9 Å². The van der Waals surface area contributed by atoms with Crippen LogP contribution < -0.4 is 0 Å². The van der Waals surface area contributed by atoms with Gasteiger partial charge in [0.15, 0.2) is 5.79 Å². The van der Waals surface area contributed by atoms with E-state index in [1.54, 1.807) is 6.08 Å². The summed E-state index contributed by atoms with van der Waals surface area (Å²) in [6.07, 6.45) is 5.81. The molecule has 3 rings (SSSR count). The molecular formula is C16H22O6. The number of hydrogen-bond donors (Lipinski definition) is 0. The molecule has 6 nitrogen and oxygen atoms in total. The average Bonchev–Trinajstić information content (AvgIpc) is 2.84. The van der Waals surface area contributed by atoms with E-state index in [0.717, 1.165) is 25.7 Å². The van der Waals surface area contributed by atoms with E-state index in [2.05, 4.69) is 0 Å². The Labute approximate surface area is 129 Å². The largest absolute Gasteiger partial charge is 0.466 e. The van der Waals surface area contributed by atoms with E-state index >= 15 is 0 Å². The van der Waals surface area contributed by atoms with Crippen LogP contribution in [0.3, 0.4) is 0 Å². The molecule has 6 heteroatoms. The Balaban J connectivity index is 1.84. The van der Waals surface area contributed by atoms with Crippen LogP contribution in [0.15, 0.2) is 11.6 Å². The Morgan fingerprint density at radius 2 is 1.95 bits per heavy atom. The zero-order chi connectivity index (χ0) is 15.7. The van der Waals surface area contributed by atoms with Gasteiger partial charge in [0.25, 0.3) is 0 Å². The van der Waals surface area contributed by atoms with Crippen molar-refractivity contribution in [3.05, 3.63) is 11.6 Å². The number of fused-ring (bicyclic) bond motifs is 1. The van der Waals surface area contributed by atoms with Crippen molar-refractivity contribution in [1.82, 2.24) is 0 Å². The summed E-state index contributed by atoms with van der Waals surface area (Å²) in [4.78, 5) is 23.2. The summed E-state index contributed by atoms with van der Waals surface area (Å²) < 4.78 is 22.5. The van der Waals surface area contributed by atoms with Crippen LogP contribution >= 0.6 is 0 Å². The van der Waals surface area contributed by atoms with Gasteiger partial charge in [0.05, 0.1) is 7.11 Å². The smallest absolute Gasteiger partial charge is 0.333 e. The van der Waals surface area contributed by atoms with E-state index in [-0.39, 0.29) is 18.2 Å². The number of hydrogen-bond acceptors (Lipinski definition) is 6. The average molecular weight is 310 g/mol. The van der Waals surface area contributed by atoms with Gasteiger partial charge in [0.2, 0.25) is 0 Å². The minimum absolute atomic E-state index is 0.298. The molecule has 0 unspecified atom stereocenters. The third kappa shape index (κ3) is 2.90. The highest BCUT2D eigenvalue weighted by Crippen LogP contribution is 2.44.